The van der Waals surface area contributed by atoms with Gasteiger partial charge in [-0.15, -0.1) is 0 Å². The molecule has 1 fully saturated rings. The molecule has 10 heteroatoms. The van der Waals surface area contributed by atoms with Crippen molar-refractivity contribution in [1.82, 2.24) is 4.90 Å². The predicted molar refractivity (Wildman–Crippen MR) is 106 cm³/mol. The maximum atomic E-state index is 12.4. The van der Waals surface area contributed by atoms with Crippen LogP contribution in [-0.2, 0) is 20.9 Å². The molecule has 2 aromatic rings. The van der Waals surface area contributed by atoms with Gasteiger partial charge in [0, 0.05) is 24.1 Å². The van der Waals surface area contributed by atoms with Crippen LogP contribution in [-0.4, -0.2) is 58.1 Å². The summed E-state index contributed by atoms with van der Waals surface area (Å²) in [5, 5.41) is 20.6. The second-order valence-corrected chi connectivity index (χ2v) is 6.93. The highest BCUT2D eigenvalue weighted by molar-refractivity contribution is 5.98. The van der Waals surface area contributed by atoms with Gasteiger partial charge < -0.3 is 14.6 Å². The summed E-state index contributed by atoms with van der Waals surface area (Å²) in [5.41, 5.74) is 0.741. The van der Waals surface area contributed by atoms with E-state index in [-0.39, 0.29) is 30.8 Å². The van der Waals surface area contributed by atoms with Crippen LogP contribution >= 0.6 is 0 Å². The van der Waals surface area contributed by atoms with Crippen LogP contribution in [0.2, 0.25) is 0 Å². The molecule has 2 aromatic carbocycles. The average molecular weight is 428 g/mol. The number of β-amino-alcohol motifs (C(OH)–C–C–N with tert-alkyl or cyclic N) is 1. The van der Waals surface area contributed by atoms with Crippen LogP contribution in [0.25, 0.3) is 0 Å². The number of hydrogen-bond donors (Lipinski definition) is 1. The summed E-state index contributed by atoms with van der Waals surface area (Å²) in [6.07, 6.45) is -1.73. The van der Waals surface area contributed by atoms with Gasteiger partial charge in [-0.1, -0.05) is 30.3 Å². The molecule has 0 aromatic heterocycles. The van der Waals surface area contributed by atoms with Crippen LogP contribution in [0.1, 0.15) is 22.3 Å². The molecule has 1 aliphatic heterocycles. The zero-order valence-corrected chi connectivity index (χ0v) is 16.4. The van der Waals surface area contributed by atoms with Crippen molar-refractivity contribution in [2.45, 2.75) is 25.2 Å². The Morgan fingerprint density at radius 1 is 1.06 bits per heavy atom. The van der Waals surface area contributed by atoms with E-state index in [0.29, 0.717) is 0 Å². The van der Waals surface area contributed by atoms with Crippen molar-refractivity contribution < 1.29 is 33.9 Å². The van der Waals surface area contributed by atoms with E-state index in [9.17, 15) is 29.6 Å². The quantitative estimate of drug-likeness (QED) is 0.306. The molecule has 2 atom stereocenters. The number of ether oxygens (including phenoxy) is 2. The molecule has 162 valence electrons. The Hall–Kier alpha value is -3.79. The Labute approximate surface area is 177 Å². The first-order valence-corrected chi connectivity index (χ1v) is 9.45. The second kappa shape index (κ2) is 9.81. The lowest BCUT2D eigenvalue weighted by Crippen LogP contribution is -2.42. The number of esters is 1. The zero-order chi connectivity index (χ0) is 22.4. The van der Waals surface area contributed by atoms with Gasteiger partial charge >= 0.3 is 12.1 Å². The van der Waals surface area contributed by atoms with Crippen LogP contribution < -0.4 is 0 Å². The van der Waals surface area contributed by atoms with E-state index in [4.69, 9.17) is 9.47 Å². The normalized spacial score (nSPS) is 17.8. The van der Waals surface area contributed by atoms with Gasteiger partial charge in [-0.05, 0) is 17.7 Å². The zero-order valence-electron chi connectivity index (χ0n) is 16.4. The molecule has 1 aliphatic rings. The number of aliphatic hydroxyl groups excluding tert-OH is 1. The summed E-state index contributed by atoms with van der Waals surface area (Å²) < 4.78 is 10.2. The van der Waals surface area contributed by atoms with Gasteiger partial charge in [0.2, 0.25) is 0 Å². The number of amides is 1. The predicted octanol–water partition coefficient (Wildman–Crippen LogP) is 2.09. The summed E-state index contributed by atoms with van der Waals surface area (Å²) in [4.78, 5) is 48.2. The number of Topliss-reactive ketones (excluding diaryl/α,β-unsaturated/α-hetero) is 1. The Balaban J connectivity index is 1.55. The van der Waals surface area contributed by atoms with Gasteiger partial charge in [-0.25, -0.2) is 9.59 Å². The van der Waals surface area contributed by atoms with Gasteiger partial charge in [-0.3, -0.25) is 19.8 Å². The van der Waals surface area contributed by atoms with E-state index < -0.39 is 41.5 Å². The highest BCUT2D eigenvalue weighted by atomic mass is 16.6. The molecule has 3 rings (SSSR count). The highest BCUT2D eigenvalue weighted by Crippen LogP contribution is 2.21. The van der Waals surface area contributed by atoms with E-state index in [1.807, 2.05) is 6.07 Å². The SMILES string of the molecule is O=C(COC(=O)[C@@H]1C[C@H](O)CN1C(=O)OCc1ccccc1)c1ccc([N+](=O)[O-])cc1. The first-order chi connectivity index (χ1) is 14.8. The van der Waals surface area contributed by atoms with Crippen LogP contribution in [0.5, 0.6) is 0 Å². The monoisotopic (exact) mass is 428 g/mol. The number of aliphatic hydroxyl groups is 1. The number of nitro benzene ring substituents is 1. The first kappa shape index (κ1) is 21.9. The summed E-state index contributed by atoms with van der Waals surface area (Å²) in [6, 6.07) is 12.8. The summed E-state index contributed by atoms with van der Waals surface area (Å²) in [6.45, 7) is -0.688. The lowest BCUT2D eigenvalue weighted by atomic mass is 10.1. The molecular formula is C21H20N2O8. The number of carbonyl (C=O) groups excluding carboxylic acids is 3. The van der Waals surface area contributed by atoms with Crippen LogP contribution in [0, 0.1) is 10.1 Å². The van der Waals surface area contributed by atoms with E-state index in [1.165, 1.54) is 24.3 Å². The molecule has 1 N–H and O–H groups in total. The number of nitrogens with zero attached hydrogens (tertiary/aromatic N) is 2. The fourth-order valence-electron chi connectivity index (χ4n) is 3.13. The third kappa shape index (κ3) is 5.64. The van der Waals surface area contributed by atoms with Gasteiger partial charge in [-0.2, -0.15) is 0 Å². The number of carbonyl (C=O) groups is 3. The largest absolute Gasteiger partial charge is 0.456 e. The van der Waals surface area contributed by atoms with Gasteiger partial charge in [0.25, 0.3) is 5.69 Å². The van der Waals surface area contributed by atoms with Crippen LogP contribution in [0.3, 0.4) is 0 Å². The second-order valence-electron chi connectivity index (χ2n) is 6.93. The number of nitro groups is 1. The Morgan fingerprint density at radius 3 is 2.39 bits per heavy atom. The maximum Gasteiger partial charge on any atom is 0.410 e. The topological polar surface area (TPSA) is 136 Å². The van der Waals surface area contributed by atoms with E-state index in [0.717, 1.165) is 10.5 Å². The van der Waals surface area contributed by atoms with Crippen molar-refractivity contribution >= 4 is 23.5 Å². The summed E-state index contributed by atoms with van der Waals surface area (Å²) >= 11 is 0. The van der Waals surface area contributed by atoms with Crippen molar-refractivity contribution in [3.63, 3.8) is 0 Å². The van der Waals surface area contributed by atoms with E-state index >= 15 is 0 Å². The highest BCUT2D eigenvalue weighted by Gasteiger charge is 2.41. The molecule has 0 aliphatic carbocycles. The smallest absolute Gasteiger partial charge is 0.410 e. The molecule has 1 amide bonds. The third-order valence-corrected chi connectivity index (χ3v) is 4.74. The molecule has 0 bridgehead atoms. The summed E-state index contributed by atoms with van der Waals surface area (Å²) in [5.74, 6) is -1.40. The Bertz CT molecular complexity index is 961. The van der Waals surface area contributed by atoms with Crippen molar-refractivity contribution in [2.24, 2.45) is 0 Å². The minimum atomic E-state index is -1.08. The number of benzene rings is 2. The Kier molecular flexibility index (Phi) is 6.93. The molecule has 1 heterocycles. The van der Waals surface area contributed by atoms with Crippen molar-refractivity contribution in [1.29, 1.82) is 0 Å². The number of non-ortho nitro benzene ring substituents is 1. The number of hydrogen-bond acceptors (Lipinski definition) is 8. The molecular weight excluding hydrogens is 408 g/mol. The molecule has 0 spiro atoms. The van der Waals surface area contributed by atoms with Crippen molar-refractivity contribution in [3.8, 4) is 0 Å². The summed E-state index contributed by atoms with van der Waals surface area (Å²) in [7, 11) is 0. The fourth-order valence-corrected chi connectivity index (χ4v) is 3.13. The maximum absolute atomic E-state index is 12.4. The minimum Gasteiger partial charge on any atom is -0.456 e. The lowest BCUT2D eigenvalue weighted by Gasteiger charge is -2.22. The van der Waals surface area contributed by atoms with E-state index in [2.05, 4.69) is 0 Å². The number of likely N-dealkylation sites (tertiary alicyclic amines) is 1. The van der Waals surface area contributed by atoms with Gasteiger partial charge in [0.15, 0.2) is 12.4 Å². The van der Waals surface area contributed by atoms with E-state index in [1.54, 1.807) is 24.3 Å². The van der Waals surface area contributed by atoms with Crippen molar-refractivity contribution in [3.05, 3.63) is 75.8 Å². The van der Waals surface area contributed by atoms with Crippen LogP contribution in [0.4, 0.5) is 10.5 Å². The molecule has 10 nitrogen and oxygen atoms in total. The van der Waals surface area contributed by atoms with Crippen molar-refractivity contribution in [2.75, 3.05) is 13.2 Å². The lowest BCUT2D eigenvalue weighted by molar-refractivity contribution is -0.384. The third-order valence-electron chi connectivity index (χ3n) is 4.74. The number of ketones is 1. The molecule has 31 heavy (non-hydrogen) atoms. The standard InChI is InChI=1S/C21H20N2O8/c24-17-10-18(22(11-17)21(27)31-12-14-4-2-1-3-5-14)20(26)30-13-19(25)15-6-8-16(9-7-15)23(28)29/h1-9,17-18,24H,10-13H2/t17-,18-/m0/s1. The number of rotatable bonds is 7. The van der Waals surface area contributed by atoms with Gasteiger partial charge in [0.1, 0.15) is 12.6 Å². The molecule has 1 saturated heterocycles. The fraction of sp³-hybridized carbons (Fsp3) is 0.286. The Morgan fingerprint density at radius 2 is 1.74 bits per heavy atom. The average Bonchev–Trinajstić information content (AvgIpc) is 3.18. The first-order valence-electron chi connectivity index (χ1n) is 9.45. The minimum absolute atomic E-state index is 0.00661. The molecule has 0 saturated carbocycles. The van der Waals surface area contributed by atoms with Gasteiger partial charge in [0.05, 0.1) is 17.6 Å². The molecule has 0 radical (unpaired) electrons. The molecule has 0 unspecified atom stereocenters. The van der Waals surface area contributed by atoms with Crippen LogP contribution in [0.15, 0.2) is 54.6 Å².